The monoisotopic (exact) mass is 543 g/mol. The van der Waals surface area contributed by atoms with Crippen molar-refractivity contribution in [1.82, 2.24) is 19.4 Å². The van der Waals surface area contributed by atoms with Crippen LogP contribution in [0, 0.1) is 17.1 Å². The minimum absolute atomic E-state index is 0.136. The number of pyridine rings is 1. The molecule has 1 fully saturated rings. The highest BCUT2D eigenvalue weighted by Gasteiger charge is 2.24. The molecule has 1 saturated heterocycles. The van der Waals surface area contributed by atoms with E-state index in [0.29, 0.717) is 28.6 Å². The Balaban J connectivity index is 1.14. The number of aromatic nitrogens is 3. The maximum atomic E-state index is 14.1. The first-order valence-electron chi connectivity index (χ1n) is 13.0. The van der Waals surface area contributed by atoms with E-state index in [2.05, 4.69) is 32.7 Å². The van der Waals surface area contributed by atoms with E-state index in [1.807, 2.05) is 18.2 Å². The van der Waals surface area contributed by atoms with Gasteiger partial charge in [-0.3, -0.25) is 4.90 Å². The molecule has 39 heavy (non-hydrogen) atoms. The van der Waals surface area contributed by atoms with E-state index in [-0.39, 0.29) is 18.5 Å². The van der Waals surface area contributed by atoms with Gasteiger partial charge in [-0.1, -0.05) is 35.9 Å². The third-order valence-corrected chi connectivity index (χ3v) is 7.52. The zero-order valence-electron chi connectivity index (χ0n) is 21.3. The van der Waals surface area contributed by atoms with Crippen LogP contribution in [0.4, 0.5) is 4.39 Å². The molecule has 2 aliphatic heterocycles. The maximum absolute atomic E-state index is 14.1. The Labute approximate surface area is 231 Å². The second-order valence-electron chi connectivity index (χ2n) is 9.86. The number of hydrogen-bond acceptors (Lipinski definition) is 6. The lowest BCUT2D eigenvalue weighted by molar-refractivity contribution is -0.0591. The van der Waals surface area contributed by atoms with Crippen LogP contribution in [-0.2, 0) is 24.4 Å². The summed E-state index contributed by atoms with van der Waals surface area (Å²) in [5, 5.41) is 9.62. The Morgan fingerprint density at radius 1 is 1.21 bits per heavy atom. The molecule has 2 aromatic heterocycles. The maximum Gasteiger partial charge on any atom is 0.142 e. The average molecular weight is 544 g/mol. The van der Waals surface area contributed by atoms with Crippen molar-refractivity contribution in [3.05, 3.63) is 94.3 Å². The summed E-state index contributed by atoms with van der Waals surface area (Å²) < 4.78 is 27.9. The average Bonchev–Trinajstić information content (AvgIpc) is 3.26. The summed E-state index contributed by atoms with van der Waals surface area (Å²) in [4.78, 5) is 11.5. The van der Waals surface area contributed by atoms with Crippen LogP contribution < -0.4 is 4.74 Å². The van der Waals surface area contributed by atoms with Crippen LogP contribution in [0.2, 0.25) is 5.02 Å². The second kappa shape index (κ2) is 11.1. The minimum atomic E-state index is -0.371. The van der Waals surface area contributed by atoms with E-state index in [4.69, 9.17) is 26.1 Å². The van der Waals surface area contributed by atoms with E-state index in [9.17, 15) is 9.65 Å². The Morgan fingerprint density at radius 3 is 2.85 bits per heavy atom. The number of nitriles is 1. The van der Waals surface area contributed by atoms with Crippen molar-refractivity contribution in [2.75, 3.05) is 19.7 Å². The zero-order chi connectivity index (χ0) is 26.8. The minimum Gasteiger partial charge on any atom is -0.489 e. The Hall–Kier alpha value is -3.77. The van der Waals surface area contributed by atoms with Crippen molar-refractivity contribution in [2.24, 2.45) is 0 Å². The summed E-state index contributed by atoms with van der Waals surface area (Å²) >= 11 is 5.85. The number of nitrogens with zero attached hydrogens (tertiary/aromatic N) is 5. The highest BCUT2D eigenvalue weighted by Crippen LogP contribution is 2.28. The molecular formula is C30H27ClFN5O2. The van der Waals surface area contributed by atoms with Gasteiger partial charge in [0.15, 0.2) is 0 Å². The van der Waals surface area contributed by atoms with Crippen molar-refractivity contribution >= 4 is 28.2 Å². The predicted molar refractivity (Wildman–Crippen MR) is 147 cm³/mol. The van der Waals surface area contributed by atoms with Gasteiger partial charge in [0, 0.05) is 36.3 Å². The molecule has 2 aliphatic rings. The van der Waals surface area contributed by atoms with Crippen molar-refractivity contribution < 1.29 is 13.9 Å². The number of halogens is 2. The predicted octanol–water partition coefficient (Wildman–Crippen LogP) is 5.75. The molecule has 0 aliphatic carbocycles. The highest BCUT2D eigenvalue weighted by atomic mass is 35.5. The molecule has 4 heterocycles. The van der Waals surface area contributed by atoms with Crippen LogP contribution in [0.15, 0.2) is 60.8 Å². The smallest absolute Gasteiger partial charge is 0.142 e. The van der Waals surface area contributed by atoms with E-state index in [1.165, 1.54) is 11.6 Å². The molecule has 7 nitrogen and oxygen atoms in total. The fraction of sp³-hybridized carbons (Fsp3) is 0.300. The Bertz CT molecular complexity index is 1590. The van der Waals surface area contributed by atoms with E-state index in [1.54, 1.807) is 24.4 Å². The molecule has 198 valence electrons. The van der Waals surface area contributed by atoms with Crippen LogP contribution >= 0.6 is 11.6 Å². The molecule has 1 unspecified atom stereocenters. The molecule has 0 saturated carbocycles. The number of ether oxygens (including phenoxy) is 2. The van der Waals surface area contributed by atoms with E-state index in [0.717, 1.165) is 61.5 Å². The first kappa shape index (κ1) is 25.5. The molecule has 0 radical (unpaired) electrons. The van der Waals surface area contributed by atoms with Gasteiger partial charge >= 0.3 is 0 Å². The van der Waals surface area contributed by atoms with Gasteiger partial charge in [-0.25, -0.2) is 14.4 Å². The third kappa shape index (κ3) is 5.66. The number of benzene rings is 2. The van der Waals surface area contributed by atoms with Gasteiger partial charge in [-0.05, 0) is 48.2 Å². The van der Waals surface area contributed by atoms with Gasteiger partial charge in [-0.2, -0.15) is 5.26 Å². The topological polar surface area (TPSA) is 76.2 Å². The summed E-state index contributed by atoms with van der Waals surface area (Å²) in [7, 11) is 0. The van der Waals surface area contributed by atoms with Crippen LogP contribution in [0.5, 0.6) is 5.75 Å². The van der Waals surface area contributed by atoms with E-state index >= 15 is 0 Å². The summed E-state index contributed by atoms with van der Waals surface area (Å²) in [6.45, 7) is 4.05. The van der Waals surface area contributed by atoms with Crippen LogP contribution in [0.3, 0.4) is 0 Å². The van der Waals surface area contributed by atoms with Crippen molar-refractivity contribution in [1.29, 1.82) is 5.26 Å². The Morgan fingerprint density at radius 2 is 2.10 bits per heavy atom. The lowest BCUT2D eigenvalue weighted by Crippen LogP contribution is -2.33. The van der Waals surface area contributed by atoms with Gasteiger partial charge < -0.3 is 14.0 Å². The molecule has 0 amide bonds. The van der Waals surface area contributed by atoms with Crippen molar-refractivity contribution in [2.45, 2.75) is 38.6 Å². The lowest BCUT2D eigenvalue weighted by Gasteiger charge is -2.29. The largest absolute Gasteiger partial charge is 0.489 e. The molecule has 0 bridgehead atoms. The molecule has 0 spiro atoms. The molecular weight excluding hydrogens is 517 g/mol. The summed E-state index contributed by atoms with van der Waals surface area (Å²) in [6, 6.07) is 16.4. The number of hydrogen-bond donors (Lipinski definition) is 0. The van der Waals surface area contributed by atoms with Gasteiger partial charge in [0.2, 0.25) is 0 Å². The first-order chi connectivity index (χ1) is 19.1. The first-order valence-corrected chi connectivity index (χ1v) is 13.4. The molecule has 2 aromatic carbocycles. The second-order valence-corrected chi connectivity index (χ2v) is 10.3. The number of rotatable bonds is 8. The van der Waals surface area contributed by atoms with Crippen LogP contribution in [0.25, 0.3) is 16.6 Å². The molecule has 1 atom stereocenters. The summed E-state index contributed by atoms with van der Waals surface area (Å²) in [6.07, 6.45) is 6.11. The fourth-order valence-corrected chi connectivity index (χ4v) is 5.15. The highest BCUT2D eigenvalue weighted by molar-refractivity contribution is 6.30. The summed E-state index contributed by atoms with van der Waals surface area (Å²) in [5.74, 6) is 1.28. The van der Waals surface area contributed by atoms with Gasteiger partial charge in [0.25, 0.3) is 0 Å². The molecule has 0 N–H and O–H groups in total. The molecule has 9 heteroatoms. The quantitative estimate of drug-likeness (QED) is 0.281. The SMILES string of the molecule is N#Cc1cc2nc(CN3CC=C(c4cccc(OCc5ccc(Cl)cc5F)c4)CC3)n(CC3CCO3)c2cn1. The van der Waals surface area contributed by atoms with E-state index < -0.39 is 0 Å². The standard InChI is InChI=1S/C30H27ClFN5O2/c31-23-5-4-22(27(32)13-23)19-39-25-3-1-2-21(12-25)20-6-9-36(10-7-20)18-30-35-28-14-24(15-33)34-16-29(28)37(30)17-26-8-11-38-26/h1-6,12-14,16,26H,7-11,17-19H2. The normalized spacial score (nSPS) is 17.5. The number of imidazole rings is 1. The number of fused-ring (bicyclic) bond motifs is 1. The van der Waals surface area contributed by atoms with Crippen molar-refractivity contribution in [3.8, 4) is 11.8 Å². The zero-order valence-corrected chi connectivity index (χ0v) is 22.1. The summed E-state index contributed by atoms with van der Waals surface area (Å²) in [5.41, 5.74) is 4.92. The van der Waals surface area contributed by atoms with Gasteiger partial charge in [0.05, 0.1) is 36.4 Å². The lowest BCUT2D eigenvalue weighted by atomic mass is 9.99. The molecule has 6 rings (SSSR count). The van der Waals surface area contributed by atoms with Gasteiger partial charge in [0.1, 0.15) is 35.8 Å². The third-order valence-electron chi connectivity index (χ3n) is 7.28. The fourth-order valence-electron chi connectivity index (χ4n) is 4.99. The van der Waals surface area contributed by atoms with Crippen molar-refractivity contribution in [3.63, 3.8) is 0 Å². The van der Waals surface area contributed by atoms with Crippen LogP contribution in [-0.4, -0.2) is 45.2 Å². The molecule has 4 aromatic rings. The Kier molecular flexibility index (Phi) is 7.29. The van der Waals surface area contributed by atoms with Crippen LogP contribution in [0.1, 0.15) is 35.5 Å². The van der Waals surface area contributed by atoms with Gasteiger partial charge in [-0.15, -0.1) is 0 Å².